The molecule has 36 heavy (non-hydrogen) atoms. The van der Waals surface area contributed by atoms with Gasteiger partial charge in [0.15, 0.2) is 11.6 Å². The summed E-state index contributed by atoms with van der Waals surface area (Å²) in [6.07, 6.45) is 24.3. The summed E-state index contributed by atoms with van der Waals surface area (Å²) in [6, 6.07) is 8.76. The van der Waals surface area contributed by atoms with Crippen molar-refractivity contribution in [2.45, 2.75) is 129 Å². The lowest BCUT2D eigenvalue weighted by Gasteiger charge is -2.29. The molecule has 1 fully saturated rings. The summed E-state index contributed by atoms with van der Waals surface area (Å²) in [5.41, 5.74) is 2.45. The molecule has 0 unspecified atom stereocenters. The number of unbranched alkanes of at least 4 members (excludes halogenated alkanes) is 9. The van der Waals surface area contributed by atoms with Crippen LogP contribution in [-0.2, 0) is 4.79 Å². The molecule has 1 aliphatic rings. The monoisotopic (exact) mass is 492 g/mol. The molecule has 0 N–H and O–H groups in total. The van der Waals surface area contributed by atoms with Crippen LogP contribution in [0.15, 0.2) is 36.7 Å². The average molecular weight is 493 g/mol. The van der Waals surface area contributed by atoms with Crippen molar-refractivity contribution < 1.29 is 9.53 Å². The minimum atomic E-state index is -0.193. The van der Waals surface area contributed by atoms with Gasteiger partial charge in [0.05, 0.1) is 12.4 Å². The number of nitrogens with zero attached hydrogens (tertiary/aromatic N) is 2. The Kier molecular flexibility index (Phi) is 13.0. The Hall–Kier alpha value is -2.23. The fourth-order valence-electron chi connectivity index (χ4n) is 5.48. The lowest BCUT2D eigenvalue weighted by Crippen LogP contribution is -2.13. The lowest BCUT2D eigenvalue weighted by molar-refractivity contribution is -0.134. The van der Waals surface area contributed by atoms with Crippen LogP contribution in [0.25, 0.3) is 11.4 Å². The standard InChI is InChI=1S/C32H48N2O2/c1-3-5-7-8-9-10-11-13-15-31(35)36-30-24-33-32(34-25-30)29-22-20-28(21-23-29)27-18-16-26(17-19-27)14-12-6-4-2/h20-27H,3-19H2,1-2H3/t26-,27-. The first-order valence-corrected chi connectivity index (χ1v) is 14.8. The van der Waals surface area contributed by atoms with Gasteiger partial charge in [-0.1, -0.05) is 109 Å². The van der Waals surface area contributed by atoms with E-state index < -0.39 is 0 Å². The van der Waals surface area contributed by atoms with Crippen molar-refractivity contribution in [3.8, 4) is 17.1 Å². The molecule has 0 saturated heterocycles. The highest BCUT2D eigenvalue weighted by atomic mass is 16.5. The van der Waals surface area contributed by atoms with Gasteiger partial charge in [0, 0.05) is 12.0 Å². The second-order valence-corrected chi connectivity index (χ2v) is 10.8. The predicted octanol–water partition coefficient (Wildman–Crippen LogP) is 9.43. The van der Waals surface area contributed by atoms with E-state index in [-0.39, 0.29) is 5.97 Å². The molecule has 1 aromatic heterocycles. The Bertz CT molecular complexity index is 855. The van der Waals surface area contributed by atoms with Gasteiger partial charge in [0.1, 0.15) is 0 Å². The molecule has 0 aliphatic heterocycles. The van der Waals surface area contributed by atoms with E-state index in [1.54, 1.807) is 12.4 Å². The van der Waals surface area contributed by atoms with Gasteiger partial charge in [-0.2, -0.15) is 0 Å². The molecular weight excluding hydrogens is 444 g/mol. The number of benzene rings is 1. The van der Waals surface area contributed by atoms with Crippen LogP contribution >= 0.6 is 0 Å². The van der Waals surface area contributed by atoms with Crippen LogP contribution in [0.1, 0.15) is 134 Å². The number of hydrogen-bond donors (Lipinski definition) is 0. The second-order valence-electron chi connectivity index (χ2n) is 10.8. The first-order chi connectivity index (χ1) is 17.7. The fourth-order valence-corrected chi connectivity index (χ4v) is 5.48. The molecule has 2 aromatic rings. The molecule has 1 saturated carbocycles. The molecular formula is C32H48N2O2. The van der Waals surface area contributed by atoms with E-state index in [0.29, 0.717) is 23.9 Å². The van der Waals surface area contributed by atoms with Gasteiger partial charge >= 0.3 is 5.97 Å². The van der Waals surface area contributed by atoms with Gasteiger partial charge in [-0.15, -0.1) is 0 Å². The quantitative estimate of drug-likeness (QED) is 0.173. The van der Waals surface area contributed by atoms with Crippen LogP contribution in [0.2, 0.25) is 0 Å². The molecule has 3 rings (SSSR count). The van der Waals surface area contributed by atoms with Gasteiger partial charge in [0.25, 0.3) is 0 Å². The maximum atomic E-state index is 12.1. The number of ether oxygens (including phenoxy) is 1. The van der Waals surface area contributed by atoms with Gasteiger partial charge < -0.3 is 4.74 Å². The Morgan fingerprint density at radius 3 is 2.00 bits per heavy atom. The highest BCUT2D eigenvalue weighted by molar-refractivity contribution is 5.72. The number of rotatable bonds is 16. The molecule has 4 nitrogen and oxygen atoms in total. The highest BCUT2D eigenvalue weighted by Crippen LogP contribution is 2.38. The molecule has 0 amide bonds. The summed E-state index contributed by atoms with van der Waals surface area (Å²) in [6.45, 7) is 4.52. The van der Waals surface area contributed by atoms with E-state index in [1.165, 1.54) is 95.5 Å². The van der Waals surface area contributed by atoms with Crippen LogP contribution in [-0.4, -0.2) is 15.9 Å². The molecule has 0 spiro atoms. The van der Waals surface area contributed by atoms with Crippen molar-refractivity contribution in [1.82, 2.24) is 9.97 Å². The SMILES string of the molecule is CCCCCCCCCCC(=O)Oc1cnc(-c2ccc([C@H]3CC[C@H](CCCCC)CC3)cc2)nc1. The van der Waals surface area contributed by atoms with Crippen LogP contribution in [0.4, 0.5) is 0 Å². The third kappa shape index (κ3) is 10.0. The number of carbonyl (C=O) groups excluding carboxylic acids is 1. The van der Waals surface area contributed by atoms with E-state index in [0.717, 1.165) is 24.3 Å². The summed E-state index contributed by atoms with van der Waals surface area (Å²) in [5.74, 6) is 2.53. The van der Waals surface area contributed by atoms with Crippen molar-refractivity contribution in [3.63, 3.8) is 0 Å². The van der Waals surface area contributed by atoms with E-state index in [9.17, 15) is 4.79 Å². The minimum Gasteiger partial charge on any atom is -0.423 e. The Morgan fingerprint density at radius 1 is 0.778 bits per heavy atom. The van der Waals surface area contributed by atoms with Crippen LogP contribution in [0.3, 0.4) is 0 Å². The van der Waals surface area contributed by atoms with E-state index in [4.69, 9.17) is 4.74 Å². The number of esters is 1. The van der Waals surface area contributed by atoms with Crippen LogP contribution < -0.4 is 4.74 Å². The van der Waals surface area contributed by atoms with E-state index >= 15 is 0 Å². The summed E-state index contributed by atoms with van der Waals surface area (Å²) in [7, 11) is 0. The normalized spacial score (nSPS) is 17.7. The van der Waals surface area contributed by atoms with Crippen molar-refractivity contribution in [2.75, 3.05) is 0 Å². The van der Waals surface area contributed by atoms with Crippen molar-refractivity contribution in [3.05, 3.63) is 42.2 Å². The Labute approximate surface area is 219 Å². The van der Waals surface area contributed by atoms with E-state index in [2.05, 4.69) is 48.1 Å². The minimum absolute atomic E-state index is 0.193. The Balaban J connectivity index is 1.37. The molecule has 0 atom stereocenters. The van der Waals surface area contributed by atoms with Gasteiger partial charge in [-0.3, -0.25) is 4.79 Å². The molecule has 0 radical (unpaired) electrons. The lowest BCUT2D eigenvalue weighted by atomic mass is 9.77. The largest absolute Gasteiger partial charge is 0.423 e. The van der Waals surface area contributed by atoms with Crippen molar-refractivity contribution >= 4 is 5.97 Å². The molecule has 198 valence electrons. The van der Waals surface area contributed by atoms with E-state index in [1.807, 2.05) is 0 Å². The molecule has 1 heterocycles. The third-order valence-corrected chi connectivity index (χ3v) is 7.80. The topological polar surface area (TPSA) is 52.1 Å². The zero-order valence-corrected chi connectivity index (χ0v) is 22.9. The summed E-state index contributed by atoms with van der Waals surface area (Å²) in [4.78, 5) is 21.0. The van der Waals surface area contributed by atoms with Crippen LogP contribution in [0, 0.1) is 5.92 Å². The molecule has 1 aliphatic carbocycles. The van der Waals surface area contributed by atoms with Crippen LogP contribution in [0.5, 0.6) is 5.75 Å². The summed E-state index contributed by atoms with van der Waals surface area (Å²) >= 11 is 0. The summed E-state index contributed by atoms with van der Waals surface area (Å²) in [5, 5.41) is 0. The zero-order chi connectivity index (χ0) is 25.4. The first kappa shape index (κ1) is 28.3. The number of aromatic nitrogens is 2. The van der Waals surface area contributed by atoms with Gasteiger partial charge in [-0.25, -0.2) is 9.97 Å². The smallest absolute Gasteiger partial charge is 0.311 e. The highest BCUT2D eigenvalue weighted by Gasteiger charge is 2.22. The molecule has 0 bridgehead atoms. The number of carbonyl (C=O) groups is 1. The van der Waals surface area contributed by atoms with Gasteiger partial charge in [0.2, 0.25) is 0 Å². The van der Waals surface area contributed by atoms with Gasteiger partial charge in [-0.05, 0) is 49.5 Å². The third-order valence-electron chi connectivity index (χ3n) is 7.80. The zero-order valence-electron chi connectivity index (χ0n) is 22.9. The maximum absolute atomic E-state index is 12.1. The molecule has 1 aromatic carbocycles. The van der Waals surface area contributed by atoms with Crippen molar-refractivity contribution in [1.29, 1.82) is 0 Å². The van der Waals surface area contributed by atoms with Crippen molar-refractivity contribution in [2.24, 2.45) is 5.92 Å². The Morgan fingerprint density at radius 2 is 1.36 bits per heavy atom. The number of hydrogen-bond acceptors (Lipinski definition) is 4. The summed E-state index contributed by atoms with van der Waals surface area (Å²) < 4.78 is 5.44. The molecule has 4 heteroatoms. The second kappa shape index (κ2) is 16.5. The maximum Gasteiger partial charge on any atom is 0.311 e. The fraction of sp³-hybridized carbons (Fsp3) is 0.656. The predicted molar refractivity (Wildman–Crippen MR) is 149 cm³/mol. The first-order valence-electron chi connectivity index (χ1n) is 14.8. The average Bonchev–Trinajstić information content (AvgIpc) is 2.91.